The zero-order valence-electron chi connectivity index (χ0n) is 14.9. The molecule has 0 aliphatic heterocycles. The molecule has 0 radical (unpaired) electrons. The van der Waals surface area contributed by atoms with Gasteiger partial charge in [0.2, 0.25) is 10.0 Å². The highest BCUT2D eigenvalue weighted by Crippen LogP contribution is 2.24. The number of hydrogen-bond donors (Lipinski definition) is 1. The van der Waals surface area contributed by atoms with Crippen molar-refractivity contribution in [1.29, 1.82) is 0 Å². The van der Waals surface area contributed by atoms with E-state index in [1.807, 2.05) is 25.1 Å². The fourth-order valence-electron chi connectivity index (χ4n) is 2.45. The molecule has 2 aromatic rings. The van der Waals surface area contributed by atoms with E-state index < -0.39 is 22.0 Å². The van der Waals surface area contributed by atoms with Gasteiger partial charge in [0.15, 0.2) is 0 Å². The van der Waals surface area contributed by atoms with E-state index in [1.165, 1.54) is 0 Å². The summed E-state index contributed by atoms with van der Waals surface area (Å²) in [5.74, 6) is -0.525. The van der Waals surface area contributed by atoms with E-state index in [9.17, 15) is 13.2 Å². The van der Waals surface area contributed by atoms with E-state index >= 15 is 0 Å². The highest BCUT2D eigenvalue weighted by molar-refractivity contribution is 7.89. The minimum absolute atomic E-state index is 0.119. The maximum atomic E-state index is 12.7. The number of carbonyl (C=O) groups is 1. The molecule has 0 fully saturated rings. The molecule has 1 atom stereocenters. The normalized spacial score (nSPS) is 12.4. The van der Waals surface area contributed by atoms with Crippen LogP contribution in [0.1, 0.15) is 30.5 Å². The van der Waals surface area contributed by atoms with Crippen molar-refractivity contribution in [2.45, 2.75) is 31.2 Å². The Balaban J connectivity index is 2.28. The van der Waals surface area contributed by atoms with Crippen LogP contribution in [-0.4, -0.2) is 21.0 Å². The van der Waals surface area contributed by atoms with E-state index in [0.717, 1.165) is 11.1 Å². The van der Waals surface area contributed by atoms with Crippen LogP contribution in [0.5, 0.6) is 0 Å². The third kappa shape index (κ3) is 5.28. The van der Waals surface area contributed by atoms with Gasteiger partial charge < -0.3 is 4.74 Å². The molecule has 0 saturated carbocycles. The van der Waals surface area contributed by atoms with Crippen LogP contribution >= 0.6 is 0 Å². The Morgan fingerprint density at radius 2 is 1.73 bits per heavy atom. The lowest BCUT2D eigenvalue weighted by Gasteiger charge is -2.20. The standard InChI is InChI=1S/C20H23NO4S/c1-4-25-20(22)16(3)14-19(17-8-6-5-7-9-17)21-26(23,24)18-12-10-15(2)11-13-18/h5-13,19,21H,3-4,14H2,1-2H3. The van der Waals surface area contributed by atoms with Crippen LogP contribution in [0.3, 0.4) is 0 Å². The monoisotopic (exact) mass is 373 g/mol. The number of aryl methyl sites for hydroxylation is 1. The van der Waals surface area contributed by atoms with E-state index in [2.05, 4.69) is 11.3 Å². The third-order valence-electron chi connectivity index (χ3n) is 3.85. The van der Waals surface area contributed by atoms with Crippen molar-refractivity contribution in [2.75, 3.05) is 6.61 Å². The maximum Gasteiger partial charge on any atom is 0.333 e. The van der Waals surface area contributed by atoms with Gasteiger partial charge in [-0.1, -0.05) is 54.6 Å². The highest BCUT2D eigenvalue weighted by atomic mass is 32.2. The first kappa shape index (κ1) is 19.9. The Bertz CT molecular complexity index is 858. The Morgan fingerprint density at radius 1 is 1.12 bits per heavy atom. The average Bonchev–Trinajstić information content (AvgIpc) is 2.62. The van der Waals surface area contributed by atoms with Gasteiger partial charge in [-0.05, 0) is 38.0 Å². The van der Waals surface area contributed by atoms with Gasteiger partial charge in [0, 0.05) is 5.57 Å². The van der Waals surface area contributed by atoms with Crippen LogP contribution in [0.25, 0.3) is 0 Å². The summed E-state index contributed by atoms with van der Waals surface area (Å²) in [4.78, 5) is 12.1. The summed E-state index contributed by atoms with van der Waals surface area (Å²) in [6.07, 6.45) is 0.119. The summed E-state index contributed by atoms with van der Waals surface area (Å²) in [6, 6.07) is 15.1. The molecule has 2 aromatic carbocycles. The SMILES string of the molecule is C=C(CC(NS(=O)(=O)c1ccc(C)cc1)c1ccccc1)C(=O)OCC. The zero-order valence-corrected chi connectivity index (χ0v) is 15.8. The van der Waals surface area contributed by atoms with E-state index in [4.69, 9.17) is 4.74 Å². The molecule has 5 nitrogen and oxygen atoms in total. The first-order chi connectivity index (χ1) is 12.3. The Kier molecular flexibility index (Phi) is 6.71. The van der Waals surface area contributed by atoms with E-state index in [-0.39, 0.29) is 23.5 Å². The smallest absolute Gasteiger partial charge is 0.333 e. The molecule has 0 amide bonds. The van der Waals surface area contributed by atoms with Crippen LogP contribution in [0.4, 0.5) is 0 Å². The molecule has 0 bridgehead atoms. The van der Waals surface area contributed by atoms with Crippen LogP contribution in [0.15, 0.2) is 71.6 Å². The fraction of sp³-hybridized carbons (Fsp3) is 0.250. The van der Waals surface area contributed by atoms with Gasteiger partial charge in [0.1, 0.15) is 0 Å². The predicted molar refractivity (Wildman–Crippen MR) is 101 cm³/mol. The van der Waals surface area contributed by atoms with E-state index in [1.54, 1.807) is 43.3 Å². The number of rotatable bonds is 8. The van der Waals surface area contributed by atoms with Crippen molar-refractivity contribution >= 4 is 16.0 Å². The fourth-order valence-corrected chi connectivity index (χ4v) is 3.67. The quantitative estimate of drug-likeness (QED) is 0.568. The lowest BCUT2D eigenvalue weighted by Crippen LogP contribution is -2.29. The molecular formula is C20H23NO4S. The topological polar surface area (TPSA) is 72.5 Å². The molecule has 0 aromatic heterocycles. The molecule has 1 unspecified atom stereocenters. The van der Waals surface area contributed by atoms with Crippen LogP contribution in [-0.2, 0) is 19.6 Å². The molecule has 1 N–H and O–H groups in total. The second kappa shape index (κ2) is 8.78. The third-order valence-corrected chi connectivity index (χ3v) is 5.33. The molecule has 0 aliphatic carbocycles. The summed E-state index contributed by atoms with van der Waals surface area (Å²) in [7, 11) is -3.75. The molecular weight excluding hydrogens is 350 g/mol. The largest absolute Gasteiger partial charge is 0.463 e. The number of ether oxygens (including phenoxy) is 1. The van der Waals surface area contributed by atoms with Crippen molar-refractivity contribution in [3.63, 3.8) is 0 Å². The lowest BCUT2D eigenvalue weighted by molar-refractivity contribution is -0.138. The number of carbonyl (C=O) groups excluding carboxylic acids is 1. The van der Waals surface area contributed by atoms with Gasteiger partial charge in [0.05, 0.1) is 17.5 Å². The molecule has 0 spiro atoms. The summed E-state index contributed by atoms with van der Waals surface area (Å²) in [5.41, 5.74) is 1.93. The number of sulfonamides is 1. The molecule has 0 saturated heterocycles. The number of nitrogens with one attached hydrogen (secondary N) is 1. The van der Waals surface area contributed by atoms with Crippen molar-refractivity contribution < 1.29 is 17.9 Å². The van der Waals surface area contributed by atoms with Crippen LogP contribution in [0.2, 0.25) is 0 Å². The number of esters is 1. The Morgan fingerprint density at radius 3 is 2.31 bits per heavy atom. The van der Waals surface area contributed by atoms with Crippen LogP contribution < -0.4 is 4.72 Å². The van der Waals surface area contributed by atoms with Crippen molar-refractivity contribution in [2.24, 2.45) is 0 Å². The second-order valence-corrected chi connectivity index (χ2v) is 7.64. The zero-order chi connectivity index (χ0) is 19.2. The minimum Gasteiger partial charge on any atom is -0.463 e. The number of benzene rings is 2. The summed E-state index contributed by atoms with van der Waals surface area (Å²) >= 11 is 0. The van der Waals surface area contributed by atoms with E-state index in [0.29, 0.717) is 0 Å². The second-order valence-electron chi connectivity index (χ2n) is 5.93. The summed E-state index contributed by atoms with van der Waals surface area (Å²) in [6.45, 7) is 7.58. The summed E-state index contributed by atoms with van der Waals surface area (Å²) in [5, 5.41) is 0. The van der Waals surface area contributed by atoms with Gasteiger partial charge >= 0.3 is 5.97 Å². The number of hydrogen-bond acceptors (Lipinski definition) is 4. The molecule has 138 valence electrons. The van der Waals surface area contributed by atoms with Crippen molar-refractivity contribution in [3.8, 4) is 0 Å². The molecule has 0 heterocycles. The van der Waals surface area contributed by atoms with Gasteiger partial charge in [-0.2, -0.15) is 0 Å². The predicted octanol–water partition coefficient (Wildman–Crippen LogP) is 3.52. The molecule has 26 heavy (non-hydrogen) atoms. The molecule has 0 aliphatic rings. The lowest BCUT2D eigenvalue weighted by atomic mass is 10.0. The molecule has 2 rings (SSSR count). The Hall–Kier alpha value is -2.44. The summed E-state index contributed by atoms with van der Waals surface area (Å²) < 4.78 is 33.1. The first-order valence-corrected chi connectivity index (χ1v) is 9.80. The first-order valence-electron chi connectivity index (χ1n) is 8.32. The van der Waals surface area contributed by atoms with Crippen LogP contribution in [0, 0.1) is 6.92 Å². The molecule has 6 heteroatoms. The highest BCUT2D eigenvalue weighted by Gasteiger charge is 2.24. The van der Waals surface area contributed by atoms with Gasteiger partial charge in [0.25, 0.3) is 0 Å². The van der Waals surface area contributed by atoms with Crippen molar-refractivity contribution in [1.82, 2.24) is 4.72 Å². The van der Waals surface area contributed by atoms with Gasteiger partial charge in [-0.15, -0.1) is 0 Å². The van der Waals surface area contributed by atoms with Gasteiger partial charge in [-0.25, -0.2) is 17.9 Å². The Labute approximate surface area is 154 Å². The average molecular weight is 373 g/mol. The van der Waals surface area contributed by atoms with Gasteiger partial charge in [-0.3, -0.25) is 0 Å². The maximum absolute atomic E-state index is 12.7. The minimum atomic E-state index is -3.75. The van der Waals surface area contributed by atoms with Crippen molar-refractivity contribution in [3.05, 3.63) is 77.9 Å².